The van der Waals surface area contributed by atoms with Crippen molar-refractivity contribution in [2.45, 2.75) is 6.92 Å². The van der Waals surface area contributed by atoms with E-state index in [9.17, 15) is 19.5 Å². The minimum Gasteiger partial charge on any atom is -0.506 e. The van der Waals surface area contributed by atoms with Crippen LogP contribution in [0.5, 0.6) is 5.75 Å². The van der Waals surface area contributed by atoms with Crippen LogP contribution in [0, 0.1) is 0 Å². The first-order valence-electron chi connectivity index (χ1n) is 11.8. The van der Waals surface area contributed by atoms with Crippen molar-refractivity contribution < 1.29 is 14.7 Å². The molecule has 5 aromatic rings. The molecule has 1 heterocycles. The number of para-hydroxylation sites is 2. The van der Waals surface area contributed by atoms with Crippen molar-refractivity contribution in [2.75, 3.05) is 0 Å². The van der Waals surface area contributed by atoms with E-state index >= 15 is 0 Å². The van der Waals surface area contributed by atoms with Crippen molar-refractivity contribution in [2.24, 2.45) is 4.99 Å². The van der Waals surface area contributed by atoms with Crippen LogP contribution in [0.1, 0.15) is 44.3 Å². The van der Waals surface area contributed by atoms with Gasteiger partial charge in [-0.15, -0.1) is 0 Å². The standard InChI is InChI=1S/C31H20N2O4/c1-18(32-19-15-16-23-25(17-19)29(35)22-12-6-5-11-21(22)28(23)34)27-30(36)24-13-7-8-14-26(24)33(31(27)37)20-9-3-2-4-10-20/h2-17,36H,1H3. The molecule has 0 amide bonds. The minimum absolute atomic E-state index is 0.0630. The van der Waals surface area contributed by atoms with Gasteiger partial charge in [0.25, 0.3) is 5.56 Å². The van der Waals surface area contributed by atoms with Gasteiger partial charge in [0.15, 0.2) is 11.6 Å². The first kappa shape index (κ1) is 22.4. The third kappa shape index (κ3) is 3.50. The number of aliphatic imine (C=N–C) groups is 1. The van der Waals surface area contributed by atoms with Gasteiger partial charge in [0, 0.05) is 33.3 Å². The van der Waals surface area contributed by atoms with Crippen LogP contribution in [0.25, 0.3) is 16.6 Å². The number of fused-ring (bicyclic) bond motifs is 3. The van der Waals surface area contributed by atoms with Gasteiger partial charge in [-0.3, -0.25) is 23.9 Å². The SMILES string of the molecule is CC(=Nc1ccc2c(c1)C(=O)c1ccccc1C2=O)c1c(O)c2ccccc2n(-c2ccccc2)c1=O. The topological polar surface area (TPSA) is 88.7 Å². The Bertz CT molecular complexity index is 1850. The van der Waals surface area contributed by atoms with Gasteiger partial charge in [0.1, 0.15) is 11.3 Å². The molecule has 1 aromatic heterocycles. The number of nitrogens with zero attached hydrogens (tertiary/aromatic N) is 2. The highest BCUT2D eigenvalue weighted by atomic mass is 16.3. The third-order valence-electron chi connectivity index (χ3n) is 6.64. The molecule has 6 heteroatoms. The van der Waals surface area contributed by atoms with Crippen molar-refractivity contribution >= 4 is 33.9 Å². The molecule has 1 N–H and O–H groups in total. The molecular weight excluding hydrogens is 464 g/mol. The number of aromatic nitrogens is 1. The molecule has 0 radical (unpaired) electrons. The molecule has 6 nitrogen and oxygen atoms in total. The summed E-state index contributed by atoms with van der Waals surface area (Å²) in [7, 11) is 0. The average molecular weight is 485 g/mol. The van der Waals surface area contributed by atoms with Gasteiger partial charge in [-0.1, -0.05) is 54.6 Å². The van der Waals surface area contributed by atoms with Crippen molar-refractivity contribution in [1.29, 1.82) is 0 Å². The minimum atomic E-state index is -0.415. The average Bonchev–Trinajstić information content (AvgIpc) is 2.92. The van der Waals surface area contributed by atoms with Gasteiger partial charge in [-0.2, -0.15) is 0 Å². The van der Waals surface area contributed by atoms with Crippen molar-refractivity contribution in [3.8, 4) is 11.4 Å². The molecule has 0 unspecified atom stereocenters. The second-order valence-corrected chi connectivity index (χ2v) is 8.85. The number of benzene rings is 4. The van der Waals surface area contributed by atoms with Crippen LogP contribution in [-0.2, 0) is 0 Å². The maximum absolute atomic E-state index is 13.7. The molecular formula is C31H20N2O4. The predicted octanol–water partition coefficient (Wildman–Crippen LogP) is 5.61. The highest BCUT2D eigenvalue weighted by Gasteiger charge is 2.29. The first-order valence-corrected chi connectivity index (χ1v) is 11.8. The summed E-state index contributed by atoms with van der Waals surface area (Å²) in [6.07, 6.45) is 0. The summed E-state index contributed by atoms with van der Waals surface area (Å²) in [5, 5.41) is 11.6. The van der Waals surface area contributed by atoms with Crippen LogP contribution in [-0.4, -0.2) is 27.0 Å². The molecule has 1 aliphatic carbocycles. The lowest BCUT2D eigenvalue weighted by Crippen LogP contribution is -2.25. The van der Waals surface area contributed by atoms with Crippen molar-refractivity contribution in [1.82, 2.24) is 4.57 Å². The molecule has 37 heavy (non-hydrogen) atoms. The van der Waals surface area contributed by atoms with E-state index in [1.54, 1.807) is 72.2 Å². The summed E-state index contributed by atoms with van der Waals surface area (Å²) < 4.78 is 1.55. The Morgan fingerprint density at radius 2 is 1.30 bits per heavy atom. The number of aromatic hydroxyl groups is 1. The number of carbonyl (C=O) groups is 2. The Balaban J connectivity index is 1.52. The first-order chi connectivity index (χ1) is 18.0. The number of hydrogen-bond donors (Lipinski definition) is 1. The smallest absolute Gasteiger partial charge is 0.268 e. The Morgan fingerprint density at radius 3 is 2.03 bits per heavy atom. The second-order valence-electron chi connectivity index (χ2n) is 8.85. The molecule has 0 spiro atoms. The molecule has 0 saturated carbocycles. The zero-order valence-corrected chi connectivity index (χ0v) is 19.8. The Labute approximate surface area is 211 Å². The van der Waals surface area contributed by atoms with E-state index < -0.39 is 5.56 Å². The summed E-state index contributed by atoms with van der Waals surface area (Å²) in [6.45, 7) is 1.64. The summed E-state index contributed by atoms with van der Waals surface area (Å²) in [4.78, 5) is 44.4. The largest absolute Gasteiger partial charge is 0.506 e. The number of rotatable bonds is 3. The van der Waals surface area contributed by atoms with E-state index in [4.69, 9.17) is 0 Å². The zero-order chi connectivity index (χ0) is 25.7. The van der Waals surface area contributed by atoms with E-state index in [1.807, 2.05) is 36.4 Å². The zero-order valence-electron chi connectivity index (χ0n) is 19.8. The molecule has 4 aromatic carbocycles. The second kappa shape index (κ2) is 8.53. The third-order valence-corrected chi connectivity index (χ3v) is 6.64. The van der Waals surface area contributed by atoms with Gasteiger partial charge >= 0.3 is 0 Å². The number of hydrogen-bond acceptors (Lipinski definition) is 5. The fraction of sp³-hybridized carbons (Fsp3) is 0.0323. The van der Waals surface area contributed by atoms with Crippen LogP contribution >= 0.6 is 0 Å². The lowest BCUT2D eigenvalue weighted by atomic mass is 9.84. The molecule has 1 aliphatic rings. The Hall–Kier alpha value is -5.10. The fourth-order valence-electron chi connectivity index (χ4n) is 4.89. The molecule has 178 valence electrons. The highest BCUT2D eigenvalue weighted by Crippen LogP contribution is 2.32. The molecule has 0 atom stereocenters. The van der Waals surface area contributed by atoms with Gasteiger partial charge in [-0.25, -0.2) is 0 Å². The predicted molar refractivity (Wildman–Crippen MR) is 143 cm³/mol. The van der Waals surface area contributed by atoms with Crippen LogP contribution in [0.2, 0.25) is 0 Å². The molecule has 0 aliphatic heterocycles. The summed E-state index contributed by atoms with van der Waals surface area (Å²) in [6, 6.07) is 27.9. The van der Waals surface area contributed by atoms with Gasteiger partial charge < -0.3 is 5.11 Å². The van der Waals surface area contributed by atoms with Crippen molar-refractivity contribution in [3.63, 3.8) is 0 Å². The van der Waals surface area contributed by atoms with E-state index in [1.165, 1.54) is 0 Å². The normalized spacial score (nSPS) is 12.9. The van der Waals surface area contributed by atoms with Gasteiger partial charge in [0.05, 0.1) is 16.9 Å². The molecule has 0 fully saturated rings. The molecule has 0 bridgehead atoms. The van der Waals surface area contributed by atoms with E-state index in [-0.39, 0.29) is 34.2 Å². The Morgan fingerprint density at radius 1 is 0.703 bits per heavy atom. The summed E-state index contributed by atoms with van der Waals surface area (Å²) >= 11 is 0. The van der Waals surface area contributed by atoms with Crippen molar-refractivity contribution in [3.05, 3.63) is 135 Å². The highest BCUT2D eigenvalue weighted by molar-refractivity contribution is 6.28. The maximum atomic E-state index is 13.7. The maximum Gasteiger partial charge on any atom is 0.268 e. The van der Waals surface area contributed by atoms with Gasteiger partial charge in [0.2, 0.25) is 0 Å². The Kier molecular flexibility index (Phi) is 5.16. The monoisotopic (exact) mass is 484 g/mol. The molecule has 0 saturated heterocycles. The lowest BCUT2D eigenvalue weighted by Gasteiger charge is -2.17. The van der Waals surface area contributed by atoms with Gasteiger partial charge in [-0.05, 0) is 49.4 Å². The van der Waals surface area contributed by atoms with E-state index in [2.05, 4.69) is 4.99 Å². The summed E-state index contributed by atoms with van der Waals surface area (Å²) in [5.41, 5.74) is 2.89. The number of pyridine rings is 1. The van der Waals surface area contributed by atoms with E-state index in [0.717, 1.165) is 0 Å². The number of ketones is 2. The van der Waals surface area contributed by atoms with Crippen LogP contribution in [0.15, 0.2) is 107 Å². The van der Waals surface area contributed by atoms with Crippen LogP contribution in [0.3, 0.4) is 0 Å². The summed E-state index contributed by atoms with van der Waals surface area (Å²) in [5.74, 6) is -0.623. The quantitative estimate of drug-likeness (QED) is 0.331. The fourth-order valence-corrected chi connectivity index (χ4v) is 4.89. The number of carbonyl (C=O) groups excluding carboxylic acids is 2. The van der Waals surface area contributed by atoms with Crippen LogP contribution < -0.4 is 5.56 Å². The molecule has 6 rings (SSSR count). The lowest BCUT2D eigenvalue weighted by molar-refractivity contribution is 0.0979. The van der Waals surface area contributed by atoms with E-state index in [0.29, 0.717) is 39.0 Å². The van der Waals surface area contributed by atoms with Crippen LogP contribution in [0.4, 0.5) is 5.69 Å².